The Morgan fingerprint density at radius 1 is 1.25 bits per heavy atom. The van der Waals surface area contributed by atoms with Crippen molar-refractivity contribution in [3.8, 4) is 11.5 Å². The van der Waals surface area contributed by atoms with Crippen LogP contribution in [0.15, 0.2) is 22.9 Å². The van der Waals surface area contributed by atoms with Crippen molar-refractivity contribution in [2.24, 2.45) is 0 Å². The SMILES string of the molecule is Cc1ncc(C(=O)NCCN(C)C)c(C)c1Oc1cc(Nc2nc(C3CCNCC3)ns2)ncc1Br. The molecule has 3 aromatic heterocycles. The standard InChI is InChI=1S/C24H31BrN8O2S/c1-14-17(23(34)27-9-10-33(3)4)12-28-15(2)21(14)35-19-11-20(29-13-18(19)25)30-24-31-22(32-36-24)16-5-7-26-8-6-16/h11-13,16,26H,5-10H2,1-4H3,(H,27,34)(H,29,30,31,32). The van der Waals surface area contributed by atoms with Crippen LogP contribution in [0.4, 0.5) is 10.9 Å². The third-order valence-corrected chi connectivity index (χ3v) is 7.20. The average molecular weight is 576 g/mol. The van der Waals surface area contributed by atoms with Crippen LogP contribution >= 0.6 is 27.5 Å². The van der Waals surface area contributed by atoms with E-state index in [9.17, 15) is 4.79 Å². The van der Waals surface area contributed by atoms with E-state index in [0.29, 0.717) is 50.6 Å². The number of pyridine rings is 2. The van der Waals surface area contributed by atoms with Gasteiger partial charge in [0.05, 0.1) is 15.7 Å². The first-order valence-electron chi connectivity index (χ1n) is 11.9. The Morgan fingerprint density at radius 2 is 2.03 bits per heavy atom. The number of hydrogen-bond donors (Lipinski definition) is 3. The Bertz CT molecular complexity index is 1210. The number of carbonyl (C=O) groups is 1. The van der Waals surface area contributed by atoms with E-state index in [1.54, 1.807) is 18.5 Å². The minimum atomic E-state index is -0.177. The zero-order valence-electron chi connectivity index (χ0n) is 20.9. The first kappa shape index (κ1) is 26.4. The maximum absolute atomic E-state index is 12.7. The van der Waals surface area contributed by atoms with Crippen molar-refractivity contribution in [2.75, 3.05) is 45.6 Å². The fourth-order valence-corrected chi connectivity index (χ4v) is 4.85. The van der Waals surface area contributed by atoms with Gasteiger partial charge >= 0.3 is 0 Å². The molecule has 0 radical (unpaired) electrons. The lowest BCUT2D eigenvalue weighted by atomic mass is 9.98. The van der Waals surface area contributed by atoms with Crippen molar-refractivity contribution in [1.82, 2.24) is 34.9 Å². The lowest BCUT2D eigenvalue weighted by molar-refractivity contribution is 0.0949. The molecule has 1 fully saturated rings. The van der Waals surface area contributed by atoms with Crippen LogP contribution in [0.2, 0.25) is 0 Å². The molecule has 0 atom stereocenters. The highest BCUT2D eigenvalue weighted by molar-refractivity contribution is 9.10. The number of aryl methyl sites for hydroxylation is 1. The predicted molar refractivity (Wildman–Crippen MR) is 145 cm³/mol. The largest absolute Gasteiger partial charge is 0.454 e. The minimum absolute atomic E-state index is 0.177. The van der Waals surface area contributed by atoms with E-state index in [0.717, 1.165) is 43.9 Å². The van der Waals surface area contributed by atoms with Gasteiger partial charge in [-0.25, -0.2) is 9.97 Å². The average Bonchev–Trinajstić information content (AvgIpc) is 3.32. The van der Waals surface area contributed by atoms with Crippen LogP contribution in [0.5, 0.6) is 11.5 Å². The Morgan fingerprint density at radius 3 is 2.78 bits per heavy atom. The highest BCUT2D eigenvalue weighted by atomic mass is 79.9. The van der Waals surface area contributed by atoms with Gasteiger partial charge in [0, 0.05) is 54.6 Å². The topological polar surface area (TPSA) is 117 Å². The fourth-order valence-electron chi connectivity index (χ4n) is 3.90. The third-order valence-electron chi connectivity index (χ3n) is 5.96. The van der Waals surface area contributed by atoms with E-state index in [1.807, 2.05) is 32.8 Å². The number of aromatic nitrogens is 4. The van der Waals surface area contributed by atoms with Gasteiger partial charge in [-0.3, -0.25) is 9.78 Å². The number of piperidine rings is 1. The van der Waals surface area contributed by atoms with Crippen LogP contribution in [0.3, 0.4) is 0 Å². The van der Waals surface area contributed by atoms with E-state index in [-0.39, 0.29) is 5.91 Å². The van der Waals surface area contributed by atoms with Crippen LogP contribution in [-0.2, 0) is 0 Å². The number of nitrogens with one attached hydrogen (secondary N) is 3. The van der Waals surface area contributed by atoms with Crippen molar-refractivity contribution in [2.45, 2.75) is 32.6 Å². The molecule has 0 aliphatic carbocycles. The second kappa shape index (κ2) is 12.0. The van der Waals surface area contributed by atoms with E-state index in [4.69, 9.17) is 4.74 Å². The molecule has 10 nitrogen and oxygen atoms in total. The zero-order chi connectivity index (χ0) is 25.7. The second-order valence-electron chi connectivity index (χ2n) is 8.98. The maximum atomic E-state index is 12.7. The number of carbonyl (C=O) groups excluding carboxylic acids is 1. The van der Waals surface area contributed by atoms with Gasteiger partial charge in [-0.05, 0) is 69.8 Å². The molecule has 0 bridgehead atoms. The summed E-state index contributed by atoms with van der Waals surface area (Å²) in [6.45, 7) is 7.01. The Hall–Kier alpha value is -2.67. The molecule has 4 heterocycles. The maximum Gasteiger partial charge on any atom is 0.253 e. The van der Waals surface area contributed by atoms with Gasteiger partial charge in [0.25, 0.3) is 5.91 Å². The molecular formula is C24H31BrN8O2S. The number of hydrogen-bond acceptors (Lipinski definition) is 10. The Labute approximate surface area is 223 Å². The third kappa shape index (κ3) is 6.55. The summed E-state index contributed by atoms with van der Waals surface area (Å²) < 4.78 is 11.5. The van der Waals surface area contributed by atoms with Gasteiger partial charge in [0.1, 0.15) is 17.4 Å². The molecule has 36 heavy (non-hydrogen) atoms. The lowest BCUT2D eigenvalue weighted by Gasteiger charge is -2.19. The molecule has 0 spiro atoms. The molecule has 3 N–H and O–H groups in total. The quantitative estimate of drug-likeness (QED) is 0.348. The molecule has 1 saturated heterocycles. The molecular weight excluding hydrogens is 544 g/mol. The first-order valence-corrected chi connectivity index (χ1v) is 13.4. The van der Waals surface area contributed by atoms with E-state index < -0.39 is 0 Å². The molecule has 12 heteroatoms. The van der Waals surface area contributed by atoms with Crippen LogP contribution < -0.4 is 20.7 Å². The van der Waals surface area contributed by atoms with E-state index in [1.165, 1.54) is 11.5 Å². The number of nitrogens with zero attached hydrogens (tertiary/aromatic N) is 5. The molecule has 192 valence electrons. The van der Waals surface area contributed by atoms with E-state index >= 15 is 0 Å². The van der Waals surface area contributed by atoms with Gasteiger partial charge in [-0.2, -0.15) is 4.37 Å². The highest BCUT2D eigenvalue weighted by Crippen LogP contribution is 2.36. The van der Waals surface area contributed by atoms with Crippen LogP contribution in [-0.4, -0.2) is 70.4 Å². The summed E-state index contributed by atoms with van der Waals surface area (Å²) in [6.07, 6.45) is 5.35. The molecule has 1 aliphatic rings. The van der Waals surface area contributed by atoms with Crippen LogP contribution in [0.1, 0.15) is 46.2 Å². The summed E-state index contributed by atoms with van der Waals surface area (Å²) in [7, 11) is 3.93. The molecule has 1 aliphatic heterocycles. The first-order chi connectivity index (χ1) is 17.3. The number of anilines is 2. The van der Waals surface area contributed by atoms with Crippen molar-refractivity contribution in [3.63, 3.8) is 0 Å². The smallest absolute Gasteiger partial charge is 0.253 e. The Kier molecular flexibility index (Phi) is 8.83. The van der Waals surface area contributed by atoms with Crippen LogP contribution in [0.25, 0.3) is 0 Å². The van der Waals surface area contributed by atoms with Crippen molar-refractivity contribution in [3.05, 3.63) is 45.6 Å². The molecule has 1 amide bonds. The van der Waals surface area contributed by atoms with Crippen molar-refractivity contribution >= 4 is 44.3 Å². The zero-order valence-corrected chi connectivity index (χ0v) is 23.3. The van der Waals surface area contributed by atoms with Gasteiger partial charge in [0.2, 0.25) is 5.13 Å². The van der Waals surface area contributed by atoms with Gasteiger partial charge in [-0.15, -0.1) is 0 Å². The fraction of sp³-hybridized carbons (Fsp3) is 0.458. The summed E-state index contributed by atoms with van der Waals surface area (Å²) in [5.74, 6) is 2.77. The van der Waals surface area contributed by atoms with Gasteiger partial charge < -0.3 is 25.6 Å². The number of rotatable bonds is 9. The highest BCUT2D eigenvalue weighted by Gasteiger charge is 2.21. The predicted octanol–water partition coefficient (Wildman–Crippen LogP) is 4.00. The number of halogens is 1. The van der Waals surface area contributed by atoms with Crippen molar-refractivity contribution < 1.29 is 9.53 Å². The van der Waals surface area contributed by atoms with Crippen LogP contribution in [0, 0.1) is 13.8 Å². The second-order valence-corrected chi connectivity index (χ2v) is 10.6. The molecule has 0 saturated carbocycles. The van der Waals surface area contributed by atoms with Gasteiger partial charge in [0.15, 0.2) is 5.75 Å². The summed E-state index contributed by atoms with van der Waals surface area (Å²) in [5.41, 5.74) is 1.89. The number of likely N-dealkylation sites (N-methyl/N-ethyl adjacent to an activating group) is 1. The Balaban J connectivity index is 1.50. The normalized spacial score (nSPS) is 14.2. The molecule has 0 aromatic carbocycles. The van der Waals surface area contributed by atoms with Gasteiger partial charge in [-0.1, -0.05) is 0 Å². The number of amides is 1. The molecule has 3 aromatic rings. The molecule has 0 unspecified atom stereocenters. The van der Waals surface area contributed by atoms with E-state index in [2.05, 4.69) is 51.2 Å². The lowest BCUT2D eigenvalue weighted by Crippen LogP contribution is -2.31. The minimum Gasteiger partial charge on any atom is -0.454 e. The summed E-state index contributed by atoms with van der Waals surface area (Å²) >= 11 is 4.85. The summed E-state index contributed by atoms with van der Waals surface area (Å²) in [5, 5.41) is 10.2. The monoisotopic (exact) mass is 574 g/mol. The number of ether oxygens (including phenoxy) is 1. The summed E-state index contributed by atoms with van der Waals surface area (Å²) in [4.78, 5) is 28.3. The molecule has 4 rings (SSSR count). The van der Waals surface area contributed by atoms with Crippen molar-refractivity contribution in [1.29, 1.82) is 0 Å². The summed E-state index contributed by atoms with van der Waals surface area (Å²) in [6, 6.07) is 1.79.